The third kappa shape index (κ3) is 4.45. The van der Waals surface area contributed by atoms with E-state index in [2.05, 4.69) is 47.7 Å². The van der Waals surface area contributed by atoms with Gasteiger partial charge in [-0.25, -0.2) is 4.98 Å². The molecule has 2 N–H and O–H groups in total. The van der Waals surface area contributed by atoms with E-state index in [0.29, 0.717) is 0 Å². The van der Waals surface area contributed by atoms with Gasteiger partial charge in [-0.05, 0) is 13.0 Å². The maximum absolute atomic E-state index is 4.47. The molecule has 16 heavy (non-hydrogen) atoms. The van der Waals surface area contributed by atoms with Crippen LogP contribution in [-0.4, -0.2) is 29.0 Å². The molecule has 1 heterocycles. The van der Waals surface area contributed by atoms with Crippen molar-refractivity contribution < 1.29 is 0 Å². The van der Waals surface area contributed by atoms with E-state index in [4.69, 9.17) is 0 Å². The van der Waals surface area contributed by atoms with Gasteiger partial charge in [0.05, 0.1) is 0 Å². The minimum absolute atomic E-state index is 0.0386. The summed E-state index contributed by atoms with van der Waals surface area (Å²) < 4.78 is 4.35. The van der Waals surface area contributed by atoms with E-state index in [1.165, 1.54) is 18.0 Å². The van der Waals surface area contributed by atoms with Crippen LogP contribution in [0.4, 0.5) is 5.13 Å². The smallest absolute Gasteiger partial charge is 0.202 e. The van der Waals surface area contributed by atoms with Gasteiger partial charge in [-0.1, -0.05) is 27.7 Å². The highest BCUT2D eigenvalue weighted by atomic mass is 32.1. The van der Waals surface area contributed by atoms with Crippen LogP contribution in [0, 0.1) is 0 Å². The summed E-state index contributed by atoms with van der Waals surface area (Å²) in [5.74, 6) is 0.918. The second-order valence-corrected chi connectivity index (χ2v) is 5.60. The first-order valence-corrected chi connectivity index (χ1v) is 6.60. The first kappa shape index (κ1) is 13.4. The van der Waals surface area contributed by atoms with Gasteiger partial charge < -0.3 is 10.6 Å². The molecule has 0 radical (unpaired) electrons. The van der Waals surface area contributed by atoms with Gasteiger partial charge in [0.15, 0.2) is 0 Å². The van der Waals surface area contributed by atoms with E-state index in [1.807, 2.05) is 0 Å². The molecule has 0 saturated heterocycles. The van der Waals surface area contributed by atoms with Crippen LogP contribution >= 0.6 is 11.5 Å². The second kappa shape index (κ2) is 6.15. The van der Waals surface area contributed by atoms with Crippen LogP contribution in [0.25, 0.3) is 0 Å². The molecule has 0 aliphatic carbocycles. The highest BCUT2D eigenvalue weighted by molar-refractivity contribution is 7.09. The maximum Gasteiger partial charge on any atom is 0.202 e. The molecule has 5 heteroatoms. The van der Waals surface area contributed by atoms with Gasteiger partial charge in [0.1, 0.15) is 5.82 Å². The van der Waals surface area contributed by atoms with Crippen molar-refractivity contribution in [2.24, 2.45) is 0 Å². The Bertz CT molecular complexity index is 303. The standard InChI is InChI=1S/C11H22N4S/c1-5-6-12-7-8-13-10-14-9(15-16-10)11(2,3)4/h12H,5-8H2,1-4H3,(H,13,14,15). The molecule has 0 saturated carbocycles. The first-order chi connectivity index (χ1) is 7.54. The van der Waals surface area contributed by atoms with Gasteiger partial charge >= 0.3 is 0 Å². The minimum Gasteiger partial charge on any atom is -0.359 e. The van der Waals surface area contributed by atoms with Gasteiger partial charge in [-0.2, -0.15) is 4.37 Å². The summed E-state index contributed by atoms with van der Waals surface area (Å²) in [5, 5.41) is 7.53. The SMILES string of the molecule is CCCNCCNc1nc(C(C)(C)C)ns1. The predicted molar refractivity (Wildman–Crippen MR) is 70.3 cm³/mol. The fourth-order valence-corrected chi connectivity index (χ4v) is 1.94. The summed E-state index contributed by atoms with van der Waals surface area (Å²) in [7, 11) is 0. The van der Waals surface area contributed by atoms with Gasteiger partial charge in [0, 0.05) is 30.0 Å². The molecule has 0 aliphatic rings. The van der Waals surface area contributed by atoms with E-state index in [1.54, 1.807) is 0 Å². The van der Waals surface area contributed by atoms with Gasteiger partial charge in [0.2, 0.25) is 5.13 Å². The van der Waals surface area contributed by atoms with E-state index in [9.17, 15) is 0 Å². The van der Waals surface area contributed by atoms with Crippen molar-refractivity contribution in [1.82, 2.24) is 14.7 Å². The predicted octanol–water partition coefficient (Wildman–Crippen LogP) is 2.25. The number of hydrogen-bond acceptors (Lipinski definition) is 5. The van der Waals surface area contributed by atoms with Crippen molar-refractivity contribution in [1.29, 1.82) is 0 Å². The fraction of sp³-hybridized carbons (Fsp3) is 0.818. The van der Waals surface area contributed by atoms with Crippen LogP contribution in [0.2, 0.25) is 0 Å². The molecule has 1 aromatic heterocycles. The van der Waals surface area contributed by atoms with Crippen LogP contribution in [-0.2, 0) is 5.41 Å². The Balaban J connectivity index is 2.30. The number of hydrogen-bond donors (Lipinski definition) is 2. The average Bonchev–Trinajstić information content (AvgIpc) is 2.65. The lowest BCUT2D eigenvalue weighted by atomic mass is 9.96. The number of nitrogens with zero attached hydrogens (tertiary/aromatic N) is 2. The lowest BCUT2D eigenvalue weighted by Crippen LogP contribution is -2.22. The molecule has 0 aromatic carbocycles. The lowest BCUT2D eigenvalue weighted by Gasteiger charge is -2.12. The Morgan fingerprint density at radius 3 is 2.50 bits per heavy atom. The van der Waals surface area contributed by atoms with Crippen molar-refractivity contribution >= 4 is 16.7 Å². The van der Waals surface area contributed by atoms with Crippen LogP contribution in [0.3, 0.4) is 0 Å². The largest absolute Gasteiger partial charge is 0.359 e. The molecule has 0 atom stereocenters. The summed E-state index contributed by atoms with van der Waals surface area (Å²) in [6.07, 6.45) is 1.17. The molecule has 0 bridgehead atoms. The van der Waals surface area contributed by atoms with E-state index in [-0.39, 0.29) is 5.41 Å². The second-order valence-electron chi connectivity index (χ2n) is 4.85. The van der Waals surface area contributed by atoms with Crippen LogP contribution in [0.1, 0.15) is 39.9 Å². The number of nitrogens with one attached hydrogen (secondary N) is 2. The molecule has 92 valence electrons. The minimum atomic E-state index is 0.0386. The molecule has 4 nitrogen and oxygen atoms in total. The van der Waals surface area contributed by atoms with Crippen molar-refractivity contribution in [3.63, 3.8) is 0 Å². The molecule has 0 fully saturated rings. The topological polar surface area (TPSA) is 49.8 Å². The molecule has 0 spiro atoms. The molecule has 1 aromatic rings. The van der Waals surface area contributed by atoms with Crippen molar-refractivity contribution in [2.45, 2.75) is 39.5 Å². The van der Waals surface area contributed by atoms with E-state index >= 15 is 0 Å². The lowest BCUT2D eigenvalue weighted by molar-refractivity contribution is 0.555. The van der Waals surface area contributed by atoms with Crippen molar-refractivity contribution in [3.8, 4) is 0 Å². The number of rotatable bonds is 6. The number of anilines is 1. The molecular weight excluding hydrogens is 220 g/mol. The Hall–Kier alpha value is -0.680. The summed E-state index contributed by atoms with van der Waals surface area (Å²) in [6.45, 7) is 11.5. The Kier molecular flexibility index (Phi) is 5.15. The summed E-state index contributed by atoms with van der Waals surface area (Å²) >= 11 is 1.44. The average molecular weight is 242 g/mol. The van der Waals surface area contributed by atoms with Crippen LogP contribution < -0.4 is 10.6 Å². The monoisotopic (exact) mass is 242 g/mol. The highest BCUT2D eigenvalue weighted by Crippen LogP contribution is 2.22. The zero-order chi connectivity index (χ0) is 12.0. The Labute approximate surface area is 102 Å². The van der Waals surface area contributed by atoms with E-state index < -0.39 is 0 Å². The highest BCUT2D eigenvalue weighted by Gasteiger charge is 2.19. The molecular formula is C11H22N4S. The molecule has 0 unspecified atom stereocenters. The van der Waals surface area contributed by atoms with Gasteiger partial charge in [-0.3, -0.25) is 0 Å². The summed E-state index contributed by atoms with van der Waals surface area (Å²) in [5.41, 5.74) is 0.0386. The summed E-state index contributed by atoms with van der Waals surface area (Å²) in [6, 6.07) is 0. The summed E-state index contributed by atoms with van der Waals surface area (Å²) in [4.78, 5) is 4.47. The Morgan fingerprint density at radius 2 is 1.94 bits per heavy atom. The Morgan fingerprint density at radius 1 is 1.19 bits per heavy atom. The third-order valence-electron chi connectivity index (χ3n) is 2.10. The molecule has 0 aliphatic heterocycles. The quantitative estimate of drug-likeness (QED) is 0.751. The first-order valence-electron chi connectivity index (χ1n) is 5.83. The molecule has 1 rings (SSSR count). The van der Waals surface area contributed by atoms with Crippen LogP contribution in [0.5, 0.6) is 0 Å². The third-order valence-corrected chi connectivity index (χ3v) is 2.77. The maximum atomic E-state index is 4.47. The fourth-order valence-electron chi connectivity index (χ4n) is 1.16. The van der Waals surface area contributed by atoms with Gasteiger partial charge in [0.25, 0.3) is 0 Å². The zero-order valence-electron chi connectivity index (χ0n) is 10.6. The zero-order valence-corrected chi connectivity index (χ0v) is 11.4. The van der Waals surface area contributed by atoms with Gasteiger partial charge in [-0.15, -0.1) is 0 Å². The van der Waals surface area contributed by atoms with Crippen molar-refractivity contribution in [2.75, 3.05) is 25.0 Å². The normalized spacial score (nSPS) is 11.8. The molecule has 0 amide bonds. The number of aromatic nitrogens is 2. The van der Waals surface area contributed by atoms with Crippen molar-refractivity contribution in [3.05, 3.63) is 5.82 Å². The van der Waals surface area contributed by atoms with E-state index in [0.717, 1.165) is 30.6 Å². The van der Waals surface area contributed by atoms with Crippen LogP contribution in [0.15, 0.2) is 0 Å².